The van der Waals surface area contributed by atoms with Gasteiger partial charge in [0, 0.05) is 0 Å². The average molecular weight is 264 g/mol. The summed E-state index contributed by atoms with van der Waals surface area (Å²) in [6.07, 6.45) is 0. The zero-order valence-electron chi connectivity index (χ0n) is 8.24. The summed E-state index contributed by atoms with van der Waals surface area (Å²) >= 11 is 0. The Morgan fingerprint density at radius 1 is 0.714 bits per heavy atom. The molecule has 0 spiro atoms. The molecular weight excluding hydrogens is 249 g/mol. The van der Waals surface area contributed by atoms with Crippen molar-refractivity contribution in [2.75, 3.05) is 17.3 Å². The van der Waals surface area contributed by atoms with Crippen molar-refractivity contribution in [1.29, 1.82) is 0 Å². The van der Waals surface area contributed by atoms with Crippen LogP contribution in [0.5, 0.6) is 0 Å². The molecule has 0 aliphatic heterocycles. The molecular formula is C6H15F6PS. The van der Waals surface area contributed by atoms with Crippen molar-refractivity contribution < 1.29 is 25.2 Å². The van der Waals surface area contributed by atoms with Gasteiger partial charge in [0.1, 0.15) is 17.3 Å². The van der Waals surface area contributed by atoms with E-state index in [4.69, 9.17) is 0 Å². The normalized spacial score (nSPS) is 16.7. The SMILES string of the molecule is CC[S+](CC)CC.F[P-](F)(F)(F)(F)F. The van der Waals surface area contributed by atoms with Gasteiger partial charge in [-0.25, -0.2) is 0 Å². The van der Waals surface area contributed by atoms with Crippen molar-refractivity contribution in [2.24, 2.45) is 0 Å². The topological polar surface area (TPSA) is 0 Å². The van der Waals surface area contributed by atoms with Gasteiger partial charge in [0.2, 0.25) is 0 Å². The molecule has 0 radical (unpaired) electrons. The Morgan fingerprint density at radius 3 is 0.857 bits per heavy atom. The molecule has 92 valence electrons. The van der Waals surface area contributed by atoms with Crippen molar-refractivity contribution in [3.8, 4) is 0 Å². The summed E-state index contributed by atoms with van der Waals surface area (Å²) in [6, 6.07) is 0. The van der Waals surface area contributed by atoms with Crippen molar-refractivity contribution in [2.45, 2.75) is 20.8 Å². The van der Waals surface area contributed by atoms with E-state index < -0.39 is 7.81 Å². The van der Waals surface area contributed by atoms with Gasteiger partial charge in [0.05, 0.1) is 0 Å². The molecule has 14 heavy (non-hydrogen) atoms. The van der Waals surface area contributed by atoms with Gasteiger partial charge < -0.3 is 0 Å². The van der Waals surface area contributed by atoms with E-state index in [-0.39, 0.29) is 0 Å². The molecule has 0 fully saturated rings. The Labute approximate surface area is 82.6 Å². The van der Waals surface area contributed by atoms with Crippen molar-refractivity contribution >= 4 is 18.7 Å². The molecule has 0 aliphatic carbocycles. The minimum absolute atomic E-state index is 0.755. The third-order valence-electron chi connectivity index (χ3n) is 1.22. The number of hydrogen-bond donors (Lipinski definition) is 0. The number of rotatable bonds is 3. The predicted octanol–water partition coefficient (Wildman–Crippen LogP) is 5.05. The third-order valence-corrected chi connectivity index (χ3v) is 3.67. The standard InChI is InChI=1S/C6H15S.F6P/c1-4-7(5-2)6-3;1-7(2,3,4,5)6/h4-6H2,1-3H3;/q+1;-1. The summed E-state index contributed by atoms with van der Waals surface area (Å²) in [6.45, 7) is 6.82. The number of hydrogen-bond acceptors (Lipinski definition) is 0. The molecule has 8 heteroatoms. The van der Waals surface area contributed by atoms with Crippen LogP contribution in [0.3, 0.4) is 0 Å². The van der Waals surface area contributed by atoms with Gasteiger partial charge in [-0.1, -0.05) is 0 Å². The Balaban J connectivity index is 0. The monoisotopic (exact) mass is 264 g/mol. The molecule has 0 aromatic rings. The van der Waals surface area contributed by atoms with Crippen LogP contribution in [0.4, 0.5) is 25.2 Å². The van der Waals surface area contributed by atoms with Gasteiger partial charge in [-0.2, -0.15) is 0 Å². The molecule has 0 N–H and O–H groups in total. The quantitative estimate of drug-likeness (QED) is 0.380. The van der Waals surface area contributed by atoms with E-state index in [9.17, 15) is 25.2 Å². The molecule has 0 aromatic heterocycles. The molecule has 0 saturated heterocycles. The molecule has 0 bridgehead atoms. The van der Waals surface area contributed by atoms with Gasteiger partial charge in [0.25, 0.3) is 0 Å². The van der Waals surface area contributed by atoms with Crippen LogP contribution in [-0.2, 0) is 10.9 Å². The van der Waals surface area contributed by atoms with Gasteiger partial charge in [-0.15, -0.1) is 0 Å². The van der Waals surface area contributed by atoms with Crippen LogP contribution in [0.2, 0.25) is 0 Å². The summed E-state index contributed by atoms with van der Waals surface area (Å²) in [5.74, 6) is 4.15. The Morgan fingerprint density at radius 2 is 0.857 bits per heavy atom. The van der Waals surface area contributed by atoms with Crippen LogP contribution in [0.25, 0.3) is 0 Å². The van der Waals surface area contributed by atoms with Crippen LogP contribution < -0.4 is 0 Å². The second-order valence-electron chi connectivity index (χ2n) is 2.44. The van der Waals surface area contributed by atoms with Gasteiger partial charge >= 0.3 is 33.0 Å². The molecule has 0 aromatic carbocycles. The minimum atomic E-state index is -10.7. The maximum atomic E-state index is 9.87. The first-order valence-electron chi connectivity index (χ1n) is 4.00. The van der Waals surface area contributed by atoms with E-state index in [1.807, 2.05) is 0 Å². The van der Waals surface area contributed by atoms with E-state index in [1.54, 1.807) is 0 Å². The van der Waals surface area contributed by atoms with Crippen molar-refractivity contribution in [3.63, 3.8) is 0 Å². The molecule has 0 atom stereocenters. The molecule has 0 rings (SSSR count). The Kier molecular flexibility index (Phi) is 5.36. The first kappa shape index (κ1) is 16.8. The van der Waals surface area contributed by atoms with Crippen LogP contribution in [-0.4, -0.2) is 17.3 Å². The fourth-order valence-electron chi connectivity index (χ4n) is 0.612. The fourth-order valence-corrected chi connectivity index (χ4v) is 1.84. The van der Waals surface area contributed by atoms with Crippen molar-refractivity contribution in [3.05, 3.63) is 0 Å². The summed E-state index contributed by atoms with van der Waals surface area (Å²) in [5.41, 5.74) is 0. The number of halogens is 6. The van der Waals surface area contributed by atoms with Crippen LogP contribution in [0.15, 0.2) is 0 Å². The van der Waals surface area contributed by atoms with Crippen LogP contribution >= 0.6 is 7.81 Å². The summed E-state index contributed by atoms with van der Waals surface area (Å²) in [7, 11) is -9.90. The molecule has 0 unspecified atom stereocenters. The van der Waals surface area contributed by atoms with E-state index in [0.717, 1.165) is 10.9 Å². The summed E-state index contributed by atoms with van der Waals surface area (Å²) in [4.78, 5) is 0. The second kappa shape index (κ2) is 4.47. The summed E-state index contributed by atoms with van der Waals surface area (Å²) in [5, 5.41) is 0. The third kappa shape index (κ3) is 39.4. The molecule has 0 amide bonds. The Hall–Kier alpha value is 0.360. The zero-order chi connectivity index (χ0) is 12.1. The first-order valence-corrected chi connectivity index (χ1v) is 7.76. The van der Waals surface area contributed by atoms with Gasteiger partial charge in [-0.3, -0.25) is 0 Å². The van der Waals surface area contributed by atoms with E-state index in [2.05, 4.69) is 20.8 Å². The van der Waals surface area contributed by atoms with E-state index in [1.165, 1.54) is 17.3 Å². The molecule has 0 nitrogen and oxygen atoms in total. The van der Waals surface area contributed by atoms with Crippen LogP contribution in [0.1, 0.15) is 20.8 Å². The van der Waals surface area contributed by atoms with Gasteiger partial charge in [-0.05, 0) is 31.7 Å². The summed E-state index contributed by atoms with van der Waals surface area (Å²) < 4.78 is 59.2. The molecule has 0 saturated carbocycles. The second-order valence-corrected chi connectivity index (χ2v) is 7.31. The first-order chi connectivity index (χ1) is 5.80. The maximum absolute atomic E-state index is 10.7. The zero-order valence-corrected chi connectivity index (χ0v) is 9.96. The molecule has 0 aliphatic rings. The fraction of sp³-hybridized carbons (Fsp3) is 1.00. The van der Waals surface area contributed by atoms with Crippen molar-refractivity contribution in [1.82, 2.24) is 0 Å². The van der Waals surface area contributed by atoms with Crippen LogP contribution in [0, 0.1) is 0 Å². The van der Waals surface area contributed by atoms with E-state index >= 15 is 0 Å². The average Bonchev–Trinajstić information content (AvgIpc) is 1.84. The predicted molar refractivity (Wildman–Crippen MR) is 52.6 cm³/mol. The Bertz CT molecular complexity index is 139. The van der Waals surface area contributed by atoms with E-state index in [0.29, 0.717) is 0 Å². The molecule has 0 heterocycles. The van der Waals surface area contributed by atoms with Gasteiger partial charge in [0.15, 0.2) is 0 Å².